The zero-order chi connectivity index (χ0) is 11.1. The van der Waals surface area contributed by atoms with Crippen molar-refractivity contribution in [1.29, 1.82) is 0 Å². The molecule has 0 bridgehead atoms. The van der Waals surface area contributed by atoms with Crippen LogP contribution in [0.3, 0.4) is 0 Å². The molecule has 1 aromatic heterocycles. The Morgan fingerprint density at radius 1 is 1.44 bits per heavy atom. The summed E-state index contributed by atoms with van der Waals surface area (Å²) >= 11 is 3.59. The van der Waals surface area contributed by atoms with Crippen LogP contribution in [0.5, 0.6) is 0 Å². The van der Waals surface area contributed by atoms with Crippen molar-refractivity contribution in [2.24, 2.45) is 5.92 Å². The zero-order valence-corrected chi connectivity index (χ0v) is 11.3. The Bertz CT molecular complexity index is 395. The maximum Gasteiger partial charge on any atom is 0.127 e. The molecule has 1 aliphatic heterocycles. The number of rotatable bonds is 3. The molecule has 2 heterocycles. The molecule has 0 aromatic carbocycles. The lowest BCUT2D eigenvalue weighted by molar-refractivity contribution is 0.404. The van der Waals surface area contributed by atoms with Crippen LogP contribution in [0.4, 0.5) is 0 Å². The Balaban J connectivity index is 1.79. The third kappa shape index (κ3) is 2.05. The third-order valence-electron chi connectivity index (χ3n) is 3.62. The van der Waals surface area contributed by atoms with Crippen LogP contribution in [-0.2, 0) is 19.5 Å². The van der Waals surface area contributed by atoms with Gasteiger partial charge in [0.05, 0.1) is 12.2 Å². The number of nitrogens with one attached hydrogen (secondary N) is 1. The molecule has 1 aliphatic carbocycles. The third-order valence-corrected chi connectivity index (χ3v) is 4.25. The summed E-state index contributed by atoms with van der Waals surface area (Å²) in [7, 11) is 0. The predicted octanol–water partition coefficient (Wildman–Crippen LogP) is 2.48. The molecule has 16 heavy (non-hydrogen) atoms. The largest absolute Gasteiger partial charge is 0.330 e. The van der Waals surface area contributed by atoms with E-state index in [2.05, 4.69) is 37.7 Å². The number of imidazole rings is 1. The summed E-state index contributed by atoms with van der Waals surface area (Å²) in [5.41, 5.74) is 1.39. The molecule has 0 radical (unpaired) electrons. The van der Waals surface area contributed by atoms with Gasteiger partial charge in [-0.2, -0.15) is 0 Å². The van der Waals surface area contributed by atoms with Gasteiger partial charge in [-0.3, -0.25) is 0 Å². The predicted molar refractivity (Wildman–Crippen MR) is 67.3 cm³/mol. The van der Waals surface area contributed by atoms with Gasteiger partial charge in [0.2, 0.25) is 0 Å². The van der Waals surface area contributed by atoms with Gasteiger partial charge in [0.25, 0.3) is 0 Å². The molecule has 0 amide bonds. The molecule has 1 aromatic rings. The van der Waals surface area contributed by atoms with E-state index >= 15 is 0 Å². The van der Waals surface area contributed by atoms with E-state index < -0.39 is 0 Å². The molecule has 1 atom stereocenters. The standard InChI is InChI=1S/C12H18BrN3/c1-8-4-5-16-10(6-8)12(13)15-11(16)7-14-9-2-3-9/h8-9,14H,2-7H2,1H3. The summed E-state index contributed by atoms with van der Waals surface area (Å²) < 4.78 is 3.46. The molecule has 1 saturated carbocycles. The first kappa shape index (κ1) is 10.8. The van der Waals surface area contributed by atoms with E-state index in [0.717, 1.165) is 36.1 Å². The molecule has 88 valence electrons. The molecule has 3 rings (SSSR count). The minimum atomic E-state index is 0.759. The molecule has 1 unspecified atom stereocenters. The second kappa shape index (κ2) is 4.15. The van der Waals surface area contributed by atoms with Crippen molar-refractivity contribution in [3.05, 3.63) is 16.1 Å². The van der Waals surface area contributed by atoms with Gasteiger partial charge in [-0.15, -0.1) is 0 Å². The minimum absolute atomic E-state index is 0.759. The molecule has 0 spiro atoms. The second-order valence-corrected chi connectivity index (χ2v) is 5.92. The van der Waals surface area contributed by atoms with Gasteiger partial charge in [0.1, 0.15) is 10.4 Å². The van der Waals surface area contributed by atoms with Gasteiger partial charge in [0, 0.05) is 12.6 Å². The normalized spacial score (nSPS) is 24.5. The van der Waals surface area contributed by atoms with Crippen molar-refractivity contribution in [3.63, 3.8) is 0 Å². The highest BCUT2D eigenvalue weighted by atomic mass is 79.9. The van der Waals surface area contributed by atoms with E-state index in [1.165, 1.54) is 30.8 Å². The Hall–Kier alpha value is -0.350. The fourth-order valence-electron chi connectivity index (χ4n) is 2.40. The first-order chi connectivity index (χ1) is 7.74. The monoisotopic (exact) mass is 283 g/mol. The lowest BCUT2D eigenvalue weighted by Gasteiger charge is -2.22. The maximum atomic E-state index is 4.64. The van der Waals surface area contributed by atoms with Gasteiger partial charge in [-0.1, -0.05) is 6.92 Å². The highest BCUT2D eigenvalue weighted by molar-refractivity contribution is 9.10. The average Bonchev–Trinajstić information content (AvgIpc) is 3.03. The van der Waals surface area contributed by atoms with Crippen LogP contribution in [0, 0.1) is 5.92 Å². The number of halogens is 1. The first-order valence-electron chi connectivity index (χ1n) is 6.21. The van der Waals surface area contributed by atoms with E-state index in [0.29, 0.717) is 0 Å². The zero-order valence-electron chi connectivity index (χ0n) is 9.67. The van der Waals surface area contributed by atoms with Gasteiger partial charge in [-0.05, 0) is 47.5 Å². The van der Waals surface area contributed by atoms with Gasteiger partial charge < -0.3 is 9.88 Å². The fraction of sp³-hybridized carbons (Fsp3) is 0.750. The van der Waals surface area contributed by atoms with E-state index in [4.69, 9.17) is 0 Å². The Labute approximate surface area is 105 Å². The number of nitrogens with zero attached hydrogens (tertiary/aromatic N) is 2. The first-order valence-corrected chi connectivity index (χ1v) is 7.00. The van der Waals surface area contributed by atoms with Crippen LogP contribution in [0.2, 0.25) is 0 Å². The molecular weight excluding hydrogens is 266 g/mol. The van der Waals surface area contributed by atoms with E-state index in [9.17, 15) is 0 Å². The van der Waals surface area contributed by atoms with Crippen LogP contribution in [0.15, 0.2) is 4.60 Å². The van der Waals surface area contributed by atoms with Crippen molar-refractivity contribution in [2.75, 3.05) is 0 Å². The van der Waals surface area contributed by atoms with Crippen LogP contribution < -0.4 is 5.32 Å². The Morgan fingerprint density at radius 3 is 3.00 bits per heavy atom. The lowest BCUT2D eigenvalue weighted by Crippen LogP contribution is -2.23. The Kier molecular flexibility index (Phi) is 2.80. The average molecular weight is 284 g/mol. The van der Waals surface area contributed by atoms with Gasteiger partial charge >= 0.3 is 0 Å². The SMILES string of the molecule is CC1CCn2c(CNC3CC3)nc(Br)c2C1. The highest BCUT2D eigenvalue weighted by Gasteiger charge is 2.24. The fourth-order valence-corrected chi connectivity index (χ4v) is 2.98. The maximum absolute atomic E-state index is 4.64. The Morgan fingerprint density at radius 2 is 2.25 bits per heavy atom. The topological polar surface area (TPSA) is 29.9 Å². The lowest BCUT2D eigenvalue weighted by atomic mass is 9.99. The van der Waals surface area contributed by atoms with Gasteiger partial charge in [-0.25, -0.2) is 4.98 Å². The number of fused-ring (bicyclic) bond motifs is 1. The molecular formula is C12H18BrN3. The molecule has 0 saturated heterocycles. The molecule has 1 N–H and O–H groups in total. The summed E-state index contributed by atoms with van der Waals surface area (Å²) in [6.07, 6.45) is 5.13. The molecule has 2 aliphatic rings. The smallest absolute Gasteiger partial charge is 0.127 e. The molecule has 3 nitrogen and oxygen atoms in total. The van der Waals surface area contributed by atoms with E-state index in [1.807, 2.05) is 0 Å². The minimum Gasteiger partial charge on any atom is -0.330 e. The summed E-state index contributed by atoms with van der Waals surface area (Å²) in [5.74, 6) is 2.01. The second-order valence-electron chi connectivity index (χ2n) is 5.17. The van der Waals surface area contributed by atoms with E-state index in [-0.39, 0.29) is 0 Å². The van der Waals surface area contributed by atoms with Crippen molar-refractivity contribution in [3.8, 4) is 0 Å². The van der Waals surface area contributed by atoms with Crippen LogP contribution in [0.25, 0.3) is 0 Å². The number of hydrogen-bond acceptors (Lipinski definition) is 2. The van der Waals surface area contributed by atoms with Gasteiger partial charge in [0.15, 0.2) is 0 Å². The number of hydrogen-bond donors (Lipinski definition) is 1. The number of aromatic nitrogens is 2. The summed E-state index contributed by atoms with van der Waals surface area (Å²) in [4.78, 5) is 4.64. The highest BCUT2D eigenvalue weighted by Crippen LogP contribution is 2.28. The summed E-state index contributed by atoms with van der Waals surface area (Å²) in [6, 6.07) is 0.759. The van der Waals surface area contributed by atoms with Crippen molar-refractivity contribution in [1.82, 2.24) is 14.9 Å². The summed E-state index contributed by atoms with van der Waals surface area (Å²) in [6.45, 7) is 4.39. The molecule has 1 fully saturated rings. The van der Waals surface area contributed by atoms with Crippen molar-refractivity contribution in [2.45, 2.75) is 51.7 Å². The summed E-state index contributed by atoms with van der Waals surface area (Å²) in [5, 5.41) is 3.54. The van der Waals surface area contributed by atoms with Crippen molar-refractivity contribution >= 4 is 15.9 Å². The van der Waals surface area contributed by atoms with E-state index in [1.54, 1.807) is 0 Å². The van der Waals surface area contributed by atoms with Crippen LogP contribution >= 0.6 is 15.9 Å². The molecule has 4 heteroatoms. The van der Waals surface area contributed by atoms with Crippen LogP contribution in [-0.4, -0.2) is 15.6 Å². The quantitative estimate of drug-likeness (QED) is 0.924. The van der Waals surface area contributed by atoms with Crippen LogP contribution in [0.1, 0.15) is 37.7 Å². The van der Waals surface area contributed by atoms with Crippen molar-refractivity contribution < 1.29 is 0 Å².